The predicted molar refractivity (Wildman–Crippen MR) is 68.8 cm³/mol. The molecule has 1 heterocycles. The molecule has 22 heavy (non-hydrogen) atoms. The van der Waals surface area contributed by atoms with Gasteiger partial charge in [-0.2, -0.15) is 0 Å². The normalized spacial score (nSPS) is 11.2. The predicted octanol–water partition coefficient (Wildman–Crippen LogP) is 1.99. The van der Waals surface area contributed by atoms with Crippen LogP contribution in [0.2, 0.25) is 0 Å². The van der Waals surface area contributed by atoms with Crippen molar-refractivity contribution in [3.8, 4) is 5.75 Å². The number of benzene rings is 1. The Morgan fingerprint density at radius 3 is 2.59 bits per heavy atom. The fraction of sp³-hybridized carbons (Fsp3) is 0.333. The number of aryl methyl sites for hydroxylation is 1. The average Bonchev–Trinajstić information content (AvgIpc) is 2.92. The van der Waals surface area contributed by atoms with E-state index in [1.165, 1.54) is 23.1 Å². The summed E-state index contributed by atoms with van der Waals surface area (Å²) in [7, 11) is 0. The van der Waals surface area contributed by atoms with Crippen LogP contribution < -0.4 is 10.1 Å². The molecule has 0 saturated heterocycles. The van der Waals surface area contributed by atoms with Crippen molar-refractivity contribution in [2.45, 2.75) is 25.7 Å². The number of carbonyl (C=O) groups excluding carboxylic acids is 1. The van der Waals surface area contributed by atoms with Gasteiger partial charge in [0.1, 0.15) is 12.1 Å². The van der Waals surface area contributed by atoms with Crippen LogP contribution in [0.3, 0.4) is 0 Å². The molecule has 118 valence electrons. The Morgan fingerprint density at radius 2 is 2.00 bits per heavy atom. The number of aromatic nitrogens is 4. The highest BCUT2D eigenvalue weighted by Gasteiger charge is 2.30. The first-order valence-electron chi connectivity index (χ1n) is 6.29. The Kier molecular flexibility index (Phi) is 4.92. The summed E-state index contributed by atoms with van der Waals surface area (Å²) in [6.07, 6.45) is -2.52. The van der Waals surface area contributed by atoms with Gasteiger partial charge in [0.05, 0.1) is 0 Å². The summed E-state index contributed by atoms with van der Waals surface area (Å²) in [5, 5.41) is 13.2. The van der Waals surface area contributed by atoms with Crippen LogP contribution in [0.1, 0.15) is 12.8 Å². The number of hydrogen-bond acceptors (Lipinski definition) is 5. The minimum Gasteiger partial charge on any atom is -0.406 e. The van der Waals surface area contributed by atoms with E-state index < -0.39 is 6.36 Å². The number of alkyl halides is 3. The van der Waals surface area contributed by atoms with Crippen LogP contribution in [0, 0.1) is 0 Å². The Bertz CT molecular complexity index is 598. The first-order chi connectivity index (χ1) is 10.4. The Labute approximate surface area is 123 Å². The van der Waals surface area contributed by atoms with Crippen molar-refractivity contribution in [1.29, 1.82) is 0 Å². The Morgan fingerprint density at radius 1 is 1.27 bits per heavy atom. The highest BCUT2D eigenvalue weighted by Crippen LogP contribution is 2.23. The zero-order valence-corrected chi connectivity index (χ0v) is 11.2. The lowest BCUT2D eigenvalue weighted by Gasteiger charge is -2.10. The van der Waals surface area contributed by atoms with Gasteiger partial charge in [-0.3, -0.25) is 4.79 Å². The van der Waals surface area contributed by atoms with Gasteiger partial charge in [0.2, 0.25) is 5.91 Å². The largest absolute Gasteiger partial charge is 0.573 e. The number of amides is 1. The molecule has 1 aromatic heterocycles. The second-order valence-corrected chi connectivity index (χ2v) is 4.30. The molecule has 1 aromatic carbocycles. The minimum atomic E-state index is -4.74. The summed E-state index contributed by atoms with van der Waals surface area (Å²) in [6, 6.07) is 4.93. The third-order valence-corrected chi connectivity index (χ3v) is 2.55. The molecule has 0 aliphatic heterocycles. The smallest absolute Gasteiger partial charge is 0.406 e. The van der Waals surface area contributed by atoms with Crippen LogP contribution >= 0.6 is 0 Å². The zero-order chi connectivity index (χ0) is 16.0. The van der Waals surface area contributed by atoms with E-state index in [2.05, 4.69) is 25.6 Å². The third-order valence-electron chi connectivity index (χ3n) is 2.55. The molecule has 1 N–H and O–H groups in total. The van der Waals surface area contributed by atoms with Crippen molar-refractivity contribution >= 4 is 11.6 Å². The molecule has 0 saturated carbocycles. The van der Waals surface area contributed by atoms with E-state index in [1.54, 1.807) is 0 Å². The number of nitrogens with one attached hydrogen (secondary N) is 1. The van der Waals surface area contributed by atoms with Crippen LogP contribution in [0.15, 0.2) is 30.6 Å². The van der Waals surface area contributed by atoms with Gasteiger partial charge in [0.25, 0.3) is 0 Å². The van der Waals surface area contributed by atoms with Gasteiger partial charge in [-0.25, -0.2) is 4.68 Å². The maximum Gasteiger partial charge on any atom is 0.573 e. The monoisotopic (exact) mass is 315 g/mol. The quantitative estimate of drug-likeness (QED) is 0.881. The van der Waals surface area contributed by atoms with Crippen molar-refractivity contribution in [3.05, 3.63) is 30.6 Å². The summed E-state index contributed by atoms with van der Waals surface area (Å²) >= 11 is 0. The lowest BCUT2D eigenvalue weighted by atomic mass is 10.2. The second kappa shape index (κ2) is 6.87. The van der Waals surface area contributed by atoms with E-state index in [1.807, 2.05) is 0 Å². The van der Waals surface area contributed by atoms with E-state index in [9.17, 15) is 18.0 Å². The maximum absolute atomic E-state index is 12.0. The number of nitrogens with zero attached hydrogens (tertiary/aromatic N) is 4. The first-order valence-corrected chi connectivity index (χ1v) is 6.29. The average molecular weight is 315 g/mol. The molecule has 2 aromatic rings. The molecular weight excluding hydrogens is 303 g/mol. The van der Waals surface area contributed by atoms with E-state index in [0.717, 1.165) is 12.1 Å². The summed E-state index contributed by atoms with van der Waals surface area (Å²) < 4.78 is 41.2. The summed E-state index contributed by atoms with van der Waals surface area (Å²) in [4.78, 5) is 11.7. The fourth-order valence-corrected chi connectivity index (χ4v) is 1.65. The lowest BCUT2D eigenvalue weighted by Crippen LogP contribution is -2.17. The minimum absolute atomic E-state index is 0.237. The Balaban J connectivity index is 1.76. The van der Waals surface area contributed by atoms with Gasteiger partial charge in [0, 0.05) is 18.7 Å². The zero-order valence-electron chi connectivity index (χ0n) is 11.2. The molecule has 10 heteroatoms. The van der Waals surface area contributed by atoms with Crippen molar-refractivity contribution in [2.24, 2.45) is 0 Å². The van der Waals surface area contributed by atoms with Crippen LogP contribution in [-0.2, 0) is 11.3 Å². The van der Waals surface area contributed by atoms with Gasteiger partial charge in [-0.05, 0) is 41.1 Å². The summed E-state index contributed by atoms with van der Waals surface area (Å²) in [5.41, 5.74) is 0.391. The molecule has 0 fully saturated rings. The molecule has 0 unspecified atom stereocenters. The molecule has 0 spiro atoms. The number of halogens is 3. The van der Waals surface area contributed by atoms with E-state index >= 15 is 0 Å². The number of hydrogen-bond donors (Lipinski definition) is 1. The van der Waals surface area contributed by atoms with E-state index in [-0.39, 0.29) is 18.1 Å². The summed E-state index contributed by atoms with van der Waals surface area (Å²) in [6.45, 7) is 0.499. The SMILES string of the molecule is O=C(CCCn1cnnn1)Nc1ccc(OC(F)(F)F)cc1. The number of anilines is 1. The molecule has 0 aliphatic rings. The summed E-state index contributed by atoms with van der Waals surface area (Å²) in [5.74, 6) is -0.596. The van der Waals surface area contributed by atoms with Crippen LogP contribution in [0.4, 0.5) is 18.9 Å². The third kappa shape index (κ3) is 5.38. The van der Waals surface area contributed by atoms with Crippen molar-refractivity contribution in [1.82, 2.24) is 20.2 Å². The fourth-order valence-electron chi connectivity index (χ4n) is 1.65. The highest BCUT2D eigenvalue weighted by molar-refractivity contribution is 5.90. The van der Waals surface area contributed by atoms with Crippen molar-refractivity contribution in [3.63, 3.8) is 0 Å². The van der Waals surface area contributed by atoms with Gasteiger partial charge in [-0.1, -0.05) is 0 Å². The van der Waals surface area contributed by atoms with E-state index in [4.69, 9.17) is 0 Å². The molecule has 7 nitrogen and oxygen atoms in total. The highest BCUT2D eigenvalue weighted by atomic mass is 19.4. The topological polar surface area (TPSA) is 81.9 Å². The van der Waals surface area contributed by atoms with Crippen LogP contribution in [-0.4, -0.2) is 32.5 Å². The number of ether oxygens (including phenoxy) is 1. The molecule has 2 rings (SSSR count). The molecule has 0 bridgehead atoms. The molecular formula is C12H12F3N5O2. The lowest BCUT2D eigenvalue weighted by molar-refractivity contribution is -0.274. The maximum atomic E-state index is 12.0. The number of rotatable bonds is 6. The van der Waals surface area contributed by atoms with Crippen molar-refractivity contribution < 1.29 is 22.7 Å². The van der Waals surface area contributed by atoms with Gasteiger partial charge in [0.15, 0.2) is 0 Å². The van der Waals surface area contributed by atoms with Gasteiger partial charge >= 0.3 is 6.36 Å². The van der Waals surface area contributed by atoms with Gasteiger partial charge < -0.3 is 10.1 Å². The molecule has 0 atom stereocenters. The van der Waals surface area contributed by atoms with Gasteiger partial charge in [-0.15, -0.1) is 18.3 Å². The van der Waals surface area contributed by atoms with E-state index in [0.29, 0.717) is 18.7 Å². The number of carbonyl (C=O) groups is 1. The standard InChI is InChI=1S/C12H12F3N5O2/c13-12(14,15)22-10-5-3-9(4-6-10)17-11(21)2-1-7-20-8-16-18-19-20/h3-6,8H,1-2,7H2,(H,17,21). The second-order valence-electron chi connectivity index (χ2n) is 4.30. The first kappa shape index (κ1) is 15.7. The van der Waals surface area contributed by atoms with Crippen LogP contribution in [0.5, 0.6) is 5.75 Å². The molecule has 0 radical (unpaired) electrons. The van der Waals surface area contributed by atoms with Crippen molar-refractivity contribution in [2.75, 3.05) is 5.32 Å². The Hall–Kier alpha value is -2.65. The molecule has 1 amide bonds. The van der Waals surface area contributed by atoms with Crippen LogP contribution in [0.25, 0.3) is 0 Å². The number of tetrazole rings is 1. The molecule has 0 aliphatic carbocycles.